The van der Waals surface area contributed by atoms with E-state index >= 15 is 0 Å². The molecule has 2 aromatic carbocycles. The Bertz CT molecular complexity index is 597. The van der Waals surface area contributed by atoms with Crippen LogP contribution in [0.15, 0.2) is 30.3 Å². The summed E-state index contributed by atoms with van der Waals surface area (Å²) in [7, 11) is 3.33. The number of benzene rings is 2. The van der Waals surface area contributed by atoms with Crippen LogP contribution in [0.5, 0.6) is 11.5 Å². The maximum absolute atomic E-state index is 5.78. The van der Waals surface area contributed by atoms with Gasteiger partial charge in [-0.1, -0.05) is 24.3 Å². The van der Waals surface area contributed by atoms with Gasteiger partial charge in [0.15, 0.2) is 11.5 Å². The van der Waals surface area contributed by atoms with Gasteiger partial charge in [-0.15, -0.1) is 0 Å². The summed E-state index contributed by atoms with van der Waals surface area (Å²) in [4.78, 5) is 0. The fourth-order valence-electron chi connectivity index (χ4n) is 2.48. The molecule has 4 heteroatoms. The van der Waals surface area contributed by atoms with Crippen LogP contribution in [-0.4, -0.2) is 26.8 Å². The van der Waals surface area contributed by atoms with Crippen LogP contribution in [0.1, 0.15) is 19.8 Å². The molecule has 0 saturated carbocycles. The van der Waals surface area contributed by atoms with E-state index in [4.69, 9.17) is 15.2 Å². The highest BCUT2D eigenvalue weighted by Gasteiger charge is 2.12. The van der Waals surface area contributed by atoms with Gasteiger partial charge in [0.2, 0.25) is 0 Å². The Balaban J connectivity index is 2.30. The molecule has 0 fully saturated rings. The van der Waals surface area contributed by atoms with E-state index in [1.807, 2.05) is 31.2 Å². The summed E-state index contributed by atoms with van der Waals surface area (Å²) in [5.41, 5.74) is 6.84. The Hall–Kier alpha value is -1.94. The van der Waals surface area contributed by atoms with Gasteiger partial charge in [-0.2, -0.15) is 0 Å². The van der Waals surface area contributed by atoms with E-state index < -0.39 is 0 Å². The highest BCUT2D eigenvalue weighted by atomic mass is 16.5. The highest BCUT2D eigenvalue weighted by Crippen LogP contribution is 2.40. The Labute approximate surface area is 126 Å². The lowest BCUT2D eigenvalue weighted by molar-refractivity contribution is 0.358. The van der Waals surface area contributed by atoms with Crippen molar-refractivity contribution < 1.29 is 9.47 Å². The van der Waals surface area contributed by atoms with Gasteiger partial charge in [-0.05, 0) is 19.8 Å². The molecule has 0 unspecified atom stereocenters. The first kappa shape index (κ1) is 15.4. The molecule has 0 spiro atoms. The quantitative estimate of drug-likeness (QED) is 0.767. The summed E-state index contributed by atoms with van der Waals surface area (Å²) in [5, 5.41) is 5.66. The third-order valence-corrected chi connectivity index (χ3v) is 3.54. The zero-order chi connectivity index (χ0) is 15.2. The van der Waals surface area contributed by atoms with E-state index in [0.717, 1.165) is 47.3 Å². The molecule has 4 nitrogen and oxygen atoms in total. The van der Waals surface area contributed by atoms with Crippen LogP contribution >= 0.6 is 0 Å². The van der Waals surface area contributed by atoms with Crippen molar-refractivity contribution in [2.24, 2.45) is 5.73 Å². The molecule has 3 N–H and O–H groups in total. The number of nitrogens with two attached hydrogens (primary N) is 1. The molecule has 2 rings (SSSR count). The molecule has 0 saturated heterocycles. The lowest BCUT2D eigenvalue weighted by atomic mass is 10.1. The summed E-state index contributed by atoms with van der Waals surface area (Å²) < 4.78 is 10.9. The molecular formula is C17H24N2O2. The van der Waals surface area contributed by atoms with Gasteiger partial charge in [-0.25, -0.2) is 0 Å². The Morgan fingerprint density at radius 1 is 1.14 bits per heavy atom. The van der Waals surface area contributed by atoms with Crippen LogP contribution in [0.2, 0.25) is 0 Å². The highest BCUT2D eigenvalue weighted by molar-refractivity contribution is 6.00. The second-order valence-corrected chi connectivity index (χ2v) is 5.25. The van der Waals surface area contributed by atoms with Gasteiger partial charge >= 0.3 is 0 Å². The second-order valence-electron chi connectivity index (χ2n) is 5.25. The number of ether oxygens (including phenoxy) is 2. The molecule has 114 valence electrons. The topological polar surface area (TPSA) is 56.5 Å². The van der Waals surface area contributed by atoms with Crippen molar-refractivity contribution in [3.8, 4) is 11.5 Å². The maximum Gasteiger partial charge on any atom is 0.168 e. The third kappa shape index (κ3) is 3.58. The minimum absolute atomic E-state index is 0.244. The summed E-state index contributed by atoms with van der Waals surface area (Å²) in [5.74, 6) is 1.51. The second kappa shape index (κ2) is 7.18. The van der Waals surface area contributed by atoms with Gasteiger partial charge in [0.25, 0.3) is 0 Å². The van der Waals surface area contributed by atoms with Gasteiger partial charge < -0.3 is 20.5 Å². The summed E-state index contributed by atoms with van der Waals surface area (Å²) in [6, 6.07) is 10.4. The van der Waals surface area contributed by atoms with Crippen LogP contribution in [0.3, 0.4) is 0 Å². The molecule has 0 radical (unpaired) electrons. The van der Waals surface area contributed by atoms with Crippen LogP contribution in [-0.2, 0) is 0 Å². The van der Waals surface area contributed by atoms with E-state index in [1.165, 1.54) is 0 Å². The average Bonchev–Trinajstić information content (AvgIpc) is 2.50. The molecule has 0 aromatic heterocycles. The van der Waals surface area contributed by atoms with E-state index in [9.17, 15) is 0 Å². The smallest absolute Gasteiger partial charge is 0.168 e. The van der Waals surface area contributed by atoms with Crippen LogP contribution in [0.4, 0.5) is 5.69 Å². The third-order valence-electron chi connectivity index (χ3n) is 3.54. The number of hydrogen-bond acceptors (Lipinski definition) is 4. The first-order chi connectivity index (χ1) is 10.2. The van der Waals surface area contributed by atoms with Crippen molar-refractivity contribution in [1.82, 2.24) is 0 Å². The fraction of sp³-hybridized carbons (Fsp3) is 0.412. The van der Waals surface area contributed by atoms with Gasteiger partial charge in [0.1, 0.15) is 0 Å². The number of anilines is 1. The van der Waals surface area contributed by atoms with E-state index in [1.54, 1.807) is 14.2 Å². The lowest BCUT2D eigenvalue weighted by Crippen LogP contribution is -2.16. The Morgan fingerprint density at radius 3 is 2.48 bits per heavy atom. The van der Waals surface area contributed by atoms with Crippen molar-refractivity contribution >= 4 is 16.5 Å². The molecule has 0 aliphatic carbocycles. The lowest BCUT2D eigenvalue weighted by Gasteiger charge is -2.16. The molecule has 0 heterocycles. The minimum atomic E-state index is 0.244. The predicted molar refractivity (Wildman–Crippen MR) is 88.4 cm³/mol. The molecule has 0 aliphatic heterocycles. The standard InChI is InChI=1S/C17H24N2O2/c1-12(18)7-6-10-19-15-11-16(20-2)17(21-3)14-9-5-4-8-13(14)15/h4-5,8-9,11-12,19H,6-7,10,18H2,1-3H3/t12-/m0/s1. The van der Waals surface area contributed by atoms with E-state index in [0.29, 0.717) is 0 Å². The van der Waals surface area contributed by atoms with Gasteiger partial charge in [0.05, 0.1) is 14.2 Å². The average molecular weight is 288 g/mol. The zero-order valence-corrected chi connectivity index (χ0v) is 13.0. The summed E-state index contributed by atoms with van der Waals surface area (Å²) in [6.45, 7) is 2.92. The van der Waals surface area contributed by atoms with Crippen molar-refractivity contribution in [3.05, 3.63) is 30.3 Å². The Kier molecular flexibility index (Phi) is 5.28. The number of nitrogens with one attached hydrogen (secondary N) is 1. The molecule has 1 atom stereocenters. The van der Waals surface area contributed by atoms with Crippen molar-refractivity contribution in [2.45, 2.75) is 25.8 Å². The minimum Gasteiger partial charge on any atom is -0.493 e. The number of methoxy groups -OCH3 is 2. The first-order valence-electron chi connectivity index (χ1n) is 7.30. The van der Waals surface area contributed by atoms with Crippen molar-refractivity contribution in [3.63, 3.8) is 0 Å². The van der Waals surface area contributed by atoms with Crippen molar-refractivity contribution in [2.75, 3.05) is 26.1 Å². The monoisotopic (exact) mass is 288 g/mol. The fourth-order valence-corrected chi connectivity index (χ4v) is 2.48. The maximum atomic E-state index is 5.78. The van der Waals surface area contributed by atoms with E-state index in [2.05, 4.69) is 11.4 Å². The normalized spacial score (nSPS) is 12.2. The zero-order valence-electron chi connectivity index (χ0n) is 13.0. The molecule has 21 heavy (non-hydrogen) atoms. The molecule has 0 amide bonds. The number of rotatable bonds is 7. The number of hydrogen-bond donors (Lipinski definition) is 2. The Morgan fingerprint density at radius 2 is 1.86 bits per heavy atom. The van der Waals surface area contributed by atoms with E-state index in [-0.39, 0.29) is 6.04 Å². The first-order valence-corrected chi connectivity index (χ1v) is 7.30. The molecule has 0 bridgehead atoms. The molecular weight excluding hydrogens is 264 g/mol. The van der Waals surface area contributed by atoms with Crippen LogP contribution < -0.4 is 20.5 Å². The van der Waals surface area contributed by atoms with Crippen LogP contribution in [0, 0.1) is 0 Å². The van der Waals surface area contributed by atoms with Gasteiger partial charge in [-0.3, -0.25) is 0 Å². The summed E-state index contributed by atoms with van der Waals surface area (Å²) >= 11 is 0. The molecule has 2 aromatic rings. The van der Waals surface area contributed by atoms with Gasteiger partial charge in [0, 0.05) is 35.1 Å². The predicted octanol–water partition coefficient (Wildman–Crippen LogP) is 3.40. The number of fused-ring (bicyclic) bond motifs is 1. The SMILES string of the molecule is COc1cc(NCCC[C@H](C)N)c2ccccc2c1OC. The molecule has 0 aliphatic rings. The largest absolute Gasteiger partial charge is 0.493 e. The van der Waals surface area contributed by atoms with Crippen LogP contribution in [0.25, 0.3) is 10.8 Å². The summed E-state index contributed by atoms with van der Waals surface area (Å²) in [6.07, 6.45) is 2.05. The van der Waals surface area contributed by atoms with Crippen molar-refractivity contribution in [1.29, 1.82) is 0 Å².